The molecule has 1 heterocycles. The molecule has 114 valence electrons. The fourth-order valence-corrected chi connectivity index (χ4v) is 2.01. The van der Waals surface area contributed by atoms with Gasteiger partial charge in [0.15, 0.2) is 0 Å². The smallest absolute Gasteiger partial charge is 0.293 e. The molecule has 2 aromatic carbocycles. The normalized spacial score (nSPS) is 10.7. The van der Waals surface area contributed by atoms with Crippen molar-refractivity contribution in [3.8, 4) is 11.1 Å². The number of H-pyrrole nitrogens is 1. The second kappa shape index (κ2) is 6.94. The van der Waals surface area contributed by atoms with Gasteiger partial charge in [0.25, 0.3) is 6.47 Å². The molecule has 0 saturated heterocycles. The number of carbonyl (C=O) groups excluding carboxylic acids is 1. The fourth-order valence-electron chi connectivity index (χ4n) is 2.01. The summed E-state index contributed by atoms with van der Waals surface area (Å²) in [6.07, 6.45) is 1.97. The molecule has 0 radical (unpaired) electrons. The van der Waals surface area contributed by atoms with Crippen LogP contribution in [-0.2, 0) is 9.53 Å². The van der Waals surface area contributed by atoms with Gasteiger partial charge in [-0.3, -0.25) is 4.79 Å². The predicted molar refractivity (Wildman–Crippen MR) is 90.6 cm³/mol. The van der Waals surface area contributed by atoms with Gasteiger partial charge >= 0.3 is 0 Å². The molecule has 0 aliphatic rings. The average Bonchev–Trinajstić information content (AvgIpc) is 2.95. The third-order valence-electron chi connectivity index (χ3n) is 3.06. The van der Waals surface area contributed by atoms with Gasteiger partial charge < -0.3 is 9.72 Å². The summed E-state index contributed by atoms with van der Waals surface area (Å²) in [5.41, 5.74) is 3.40. The van der Waals surface area contributed by atoms with Crippen LogP contribution in [0, 0.1) is 0 Å². The highest BCUT2D eigenvalue weighted by Gasteiger charge is 2.07. The summed E-state index contributed by atoms with van der Waals surface area (Å²) in [5.74, 6) is 0. The van der Waals surface area contributed by atoms with Crippen LogP contribution < -0.4 is 0 Å². The van der Waals surface area contributed by atoms with Crippen LogP contribution in [0.15, 0.2) is 60.8 Å². The van der Waals surface area contributed by atoms with E-state index in [1.54, 1.807) is 0 Å². The largest absolute Gasteiger partial charge is 0.462 e. The minimum absolute atomic E-state index is 0.318. The van der Waals surface area contributed by atoms with E-state index in [1.807, 2.05) is 33.0 Å². The highest BCUT2D eigenvalue weighted by Crippen LogP contribution is 2.23. The second-order valence-electron chi connectivity index (χ2n) is 5.97. The Morgan fingerprint density at radius 1 is 0.955 bits per heavy atom. The number of hydrogen-bond acceptors (Lipinski definition) is 2. The number of benzene rings is 2. The molecule has 0 aliphatic carbocycles. The number of ether oxygens (including phenoxy) is 1. The van der Waals surface area contributed by atoms with E-state index in [9.17, 15) is 4.79 Å². The summed E-state index contributed by atoms with van der Waals surface area (Å²) in [5, 5.41) is 1.26. The zero-order valence-electron chi connectivity index (χ0n) is 13.2. The van der Waals surface area contributed by atoms with Crippen molar-refractivity contribution in [2.75, 3.05) is 0 Å². The van der Waals surface area contributed by atoms with Crippen LogP contribution in [0.25, 0.3) is 22.0 Å². The molecule has 0 atom stereocenters. The molecule has 1 N–H and O–H groups in total. The Morgan fingerprint density at radius 3 is 2.27 bits per heavy atom. The number of aromatic amines is 1. The lowest BCUT2D eigenvalue weighted by molar-refractivity contribution is -0.138. The zero-order valence-corrected chi connectivity index (χ0v) is 13.2. The standard InChI is InChI=1S/C14H11N.C5H10O2/c1-2-4-11(5-3-1)12-6-7-14-13(10-12)8-9-15-14;1-5(2,3)7-4-6/h1-10,15H;4H,1-3H3. The minimum atomic E-state index is -0.318. The Hall–Kier alpha value is -2.55. The van der Waals surface area contributed by atoms with E-state index < -0.39 is 0 Å². The van der Waals surface area contributed by atoms with Crippen molar-refractivity contribution in [2.45, 2.75) is 26.4 Å². The van der Waals surface area contributed by atoms with E-state index >= 15 is 0 Å². The van der Waals surface area contributed by atoms with Gasteiger partial charge in [0, 0.05) is 11.7 Å². The molecule has 22 heavy (non-hydrogen) atoms. The van der Waals surface area contributed by atoms with Gasteiger partial charge in [-0.25, -0.2) is 0 Å². The number of hydrogen-bond donors (Lipinski definition) is 1. The Balaban J connectivity index is 0.000000217. The second-order valence-corrected chi connectivity index (χ2v) is 5.97. The Kier molecular flexibility index (Phi) is 4.99. The molecular weight excluding hydrogens is 274 g/mol. The molecular formula is C19H21NO2. The molecule has 3 aromatic rings. The van der Waals surface area contributed by atoms with Gasteiger partial charge in [0.05, 0.1) is 0 Å². The van der Waals surface area contributed by atoms with Crippen LogP contribution in [0.5, 0.6) is 0 Å². The maximum Gasteiger partial charge on any atom is 0.293 e. The van der Waals surface area contributed by atoms with Gasteiger partial charge in [0.2, 0.25) is 0 Å². The van der Waals surface area contributed by atoms with Crippen molar-refractivity contribution < 1.29 is 9.53 Å². The average molecular weight is 295 g/mol. The maximum atomic E-state index is 9.60. The zero-order chi connectivity index (χ0) is 16.0. The Labute approximate surface area is 130 Å². The summed E-state index contributed by atoms with van der Waals surface area (Å²) in [7, 11) is 0. The molecule has 0 bridgehead atoms. The predicted octanol–water partition coefficient (Wildman–Crippen LogP) is 4.79. The minimum Gasteiger partial charge on any atom is -0.462 e. The van der Waals surface area contributed by atoms with Crippen molar-refractivity contribution >= 4 is 17.4 Å². The molecule has 1 aromatic heterocycles. The fraction of sp³-hybridized carbons (Fsp3) is 0.211. The highest BCUT2D eigenvalue weighted by atomic mass is 16.5. The monoisotopic (exact) mass is 295 g/mol. The van der Waals surface area contributed by atoms with Crippen molar-refractivity contribution in [3.05, 3.63) is 60.8 Å². The topological polar surface area (TPSA) is 42.1 Å². The SMILES string of the molecule is CC(C)(C)OC=O.c1ccc(-c2ccc3[nH]ccc3c2)cc1. The Bertz CT molecular complexity index is 724. The van der Waals surface area contributed by atoms with Crippen molar-refractivity contribution in [1.29, 1.82) is 0 Å². The summed E-state index contributed by atoms with van der Waals surface area (Å²) in [4.78, 5) is 12.8. The summed E-state index contributed by atoms with van der Waals surface area (Å²) < 4.78 is 4.55. The van der Waals surface area contributed by atoms with Crippen LogP contribution in [0.1, 0.15) is 20.8 Å². The van der Waals surface area contributed by atoms with Crippen LogP contribution >= 0.6 is 0 Å². The van der Waals surface area contributed by atoms with E-state index in [0.717, 1.165) is 0 Å². The van der Waals surface area contributed by atoms with E-state index in [0.29, 0.717) is 6.47 Å². The molecule has 0 aliphatic heterocycles. The molecule has 3 rings (SSSR count). The van der Waals surface area contributed by atoms with E-state index in [-0.39, 0.29) is 5.60 Å². The first kappa shape index (κ1) is 15.8. The lowest BCUT2D eigenvalue weighted by Crippen LogP contribution is -2.17. The van der Waals surface area contributed by atoms with Crippen LogP contribution in [0.4, 0.5) is 0 Å². The van der Waals surface area contributed by atoms with Gasteiger partial charge in [0.1, 0.15) is 5.60 Å². The molecule has 0 amide bonds. The van der Waals surface area contributed by atoms with Crippen LogP contribution in [0.2, 0.25) is 0 Å². The van der Waals surface area contributed by atoms with Crippen molar-refractivity contribution in [3.63, 3.8) is 0 Å². The van der Waals surface area contributed by atoms with Gasteiger partial charge in [-0.1, -0.05) is 36.4 Å². The van der Waals surface area contributed by atoms with E-state index in [1.165, 1.54) is 22.0 Å². The number of fused-ring (bicyclic) bond motifs is 1. The van der Waals surface area contributed by atoms with Crippen LogP contribution in [0.3, 0.4) is 0 Å². The summed E-state index contributed by atoms with van der Waals surface area (Å²) in [6, 6.07) is 19.0. The Morgan fingerprint density at radius 2 is 1.68 bits per heavy atom. The third kappa shape index (κ3) is 4.48. The quantitative estimate of drug-likeness (QED) is 0.690. The van der Waals surface area contributed by atoms with Crippen LogP contribution in [-0.4, -0.2) is 17.1 Å². The van der Waals surface area contributed by atoms with Crippen molar-refractivity contribution in [2.24, 2.45) is 0 Å². The molecule has 0 unspecified atom stereocenters. The highest BCUT2D eigenvalue weighted by molar-refractivity contribution is 5.84. The van der Waals surface area contributed by atoms with Gasteiger partial charge in [-0.15, -0.1) is 0 Å². The molecule has 0 saturated carbocycles. The number of rotatable bonds is 2. The number of carbonyl (C=O) groups is 1. The maximum absolute atomic E-state index is 9.60. The first-order chi connectivity index (χ1) is 10.5. The molecule has 3 heteroatoms. The van der Waals surface area contributed by atoms with E-state index in [2.05, 4.69) is 58.3 Å². The van der Waals surface area contributed by atoms with Gasteiger partial charge in [-0.2, -0.15) is 0 Å². The molecule has 3 nitrogen and oxygen atoms in total. The third-order valence-corrected chi connectivity index (χ3v) is 3.06. The first-order valence-electron chi connectivity index (χ1n) is 7.23. The van der Waals surface area contributed by atoms with Crippen molar-refractivity contribution in [1.82, 2.24) is 4.98 Å². The lowest BCUT2D eigenvalue weighted by Gasteiger charge is -2.14. The first-order valence-corrected chi connectivity index (χ1v) is 7.23. The lowest BCUT2D eigenvalue weighted by atomic mass is 10.0. The number of aromatic nitrogens is 1. The molecule has 0 spiro atoms. The van der Waals surface area contributed by atoms with Gasteiger partial charge in [-0.05, 0) is 55.5 Å². The molecule has 0 fully saturated rings. The van der Waals surface area contributed by atoms with E-state index in [4.69, 9.17) is 0 Å². The summed E-state index contributed by atoms with van der Waals surface area (Å²) in [6.45, 7) is 5.92. The number of nitrogens with one attached hydrogen (secondary N) is 1. The summed E-state index contributed by atoms with van der Waals surface area (Å²) >= 11 is 0.